The summed E-state index contributed by atoms with van der Waals surface area (Å²) in [6, 6.07) is 15.9. The molecule has 2 heterocycles. The van der Waals surface area contributed by atoms with Crippen molar-refractivity contribution in [1.29, 1.82) is 0 Å². The van der Waals surface area contributed by atoms with Crippen LogP contribution in [-0.4, -0.2) is 47.4 Å². The zero-order valence-electron chi connectivity index (χ0n) is 21.7. The van der Waals surface area contributed by atoms with Gasteiger partial charge in [-0.25, -0.2) is 13.2 Å². The van der Waals surface area contributed by atoms with Crippen molar-refractivity contribution in [3.63, 3.8) is 0 Å². The molecule has 9 nitrogen and oxygen atoms in total. The monoisotopic (exact) mass is 584 g/mol. The number of esters is 1. The molecule has 39 heavy (non-hydrogen) atoms. The van der Waals surface area contributed by atoms with Gasteiger partial charge in [0.05, 0.1) is 17.3 Å². The molecule has 2 aromatic heterocycles. The molecular weight excluding hydrogens is 557 g/mol. The lowest BCUT2D eigenvalue weighted by Crippen LogP contribution is -2.17. The zero-order valence-corrected chi connectivity index (χ0v) is 24.2. The number of sulfone groups is 1. The van der Waals surface area contributed by atoms with Crippen molar-refractivity contribution in [2.75, 3.05) is 17.7 Å². The van der Waals surface area contributed by atoms with Gasteiger partial charge in [0.1, 0.15) is 22.1 Å². The fourth-order valence-corrected chi connectivity index (χ4v) is 6.91. The summed E-state index contributed by atoms with van der Waals surface area (Å²) in [6.07, 6.45) is 0. The highest BCUT2D eigenvalue weighted by molar-refractivity contribution is 7.99. The zero-order chi connectivity index (χ0) is 28.0. The summed E-state index contributed by atoms with van der Waals surface area (Å²) in [5, 5.41) is 13.7. The molecule has 1 amide bonds. The second kappa shape index (κ2) is 12.6. The number of rotatable bonds is 11. The SMILES string of the molecule is CCOC(=O)c1c(-c2ccc(C)cc2)csc1NC(=O)CSc1nnc(CS(=O)(=O)c2ccccc2)n1CC. The third-order valence-electron chi connectivity index (χ3n) is 5.75. The number of anilines is 1. The van der Waals surface area contributed by atoms with E-state index in [9.17, 15) is 18.0 Å². The molecule has 204 valence electrons. The summed E-state index contributed by atoms with van der Waals surface area (Å²) in [6.45, 7) is 6.22. The Hall–Kier alpha value is -3.48. The Balaban J connectivity index is 1.48. The van der Waals surface area contributed by atoms with Crippen LogP contribution >= 0.6 is 23.1 Å². The van der Waals surface area contributed by atoms with Crippen molar-refractivity contribution in [2.45, 2.75) is 43.1 Å². The Labute approximate surface area is 235 Å². The number of nitrogens with zero attached hydrogens (tertiary/aromatic N) is 3. The predicted octanol–water partition coefficient (Wildman–Crippen LogP) is 5.22. The summed E-state index contributed by atoms with van der Waals surface area (Å²) in [7, 11) is -3.60. The molecule has 0 aliphatic rings. The van der Waals surface area contributed by atoms with E-state index < -0.39 is 15.8 Å². The van der Waals surface area contributed by atoms with Gasteiger partial charge in [-0.1, -0.05) is 59.8 Å². The van der Waals surface area contributed by atoms with Crippen LogP contribution in [0.25, 0.3) is 11.1 Å². The van der Waals surface area contributed by atoms with Crippen molar-refractivity contribution in [3.05, 3.63) is 76.9 Å². The van der Waals surface area contributed by atoms with Crippen LogP contribution < -0.4 is 5.32 Å². The quantitative estimate of drug-likeness (QED) is 0.188. The van der Waals surface area contributed by atoms with E-state index in [2.05, 4.69) is 15.5 Å². The van der Waals surface area contributed by atoms with E-state index >= 15 is 0 Å². The van der Waals surface area contributed by atoms with Crippen molar-refractivity contribution < 1.29 is 22.7 Å². The topological polar surface area (TPSA) is 120 Å². The molecule has 0 aliphatic heterocycles. The summed E-state index contributed by atoms with van der Waals surface area (Å²) >= 11 is 2.40. The van der Waals surface area contributed by atoms with E-state index in [1.807, 2.05) is 43.5 Å². The molecule has 0 aliphatic carbocycles. The van der Waals surface area contributed by atoms with Crippen LogP contribution in [0.2, 0.25) is 0 Å². The maximum Gasteiger partial charge on any atom is 0.341 e. The van der Waals surface area contributed by atoms with Gasteiger partial charge in [0.2, 0.25) is 5.91 Å². The number of nitrogens with one attached hydrogen (secondary N) is 1. The number of carbonyl (C=O) groups excluding carboxylic acids is 2. The highest BCUT2D eigenvalue weighted by Gasteiger charge is 2.24. The Morgan fingerprint density at radius 3 is 2.44 bits per heavy atom. The molecule has 0 fully saturated rings. The molecule has 0 saturated carbocycles. The summed E-state index contributed by atoms with van der Waals surface area (Å²) < 4.78 is 32.6. The first-order chi connectivity index (χ1) is 18.7. The third-order valence-corrected chi connectivity index (χ3v) is 9.24. The second-order valence-corrected chi connectivity index (χ2v) is 12.3. The third kappa shape index (κ3) is 6.75. The van der Waals surface area contributed by atoms with Crippen LogP contribution in [0.4, 0.5) is 5.00 Å². The largest absolute Gasteiger partial charge is 0.462 e. The molecule has 1 N–H and O–H groups in total. The van der Waals surface area contributed by atoms with E-state index in [0.717, 1.165) is 22.9 Å². The van der Waals surface area contributed by atoms with E-state index in [4.69, 9.17) is 4.74 Å². The van der Waals surface area contributed by atoms with Crippen LogP contribution in [0.3, 0.4) is 0 Å². The minimum Gasteiger partial charge on any atom is -0.462 e. The van der Waals surface area contributed by atoms with Gasteiger partial charge in [0.15, 0.2) is 15.0 Å². The molecule has 2 aromatic carbocycles. The molecular formula is C27H28N4O5S3. The van der Waals surface area contributed by atoms with Crippen molar-refractivity contribution >= 4 is 49.8 Å². The average molecular weight is 585 g/mol. The van der Waals surface area contributed by atoms with E-state index in [-0.39, 0.29) is 28.9 Å². The van der Waals surface area contributed by atoms with Crippen molar-refractivity contribution in [1.82, 2.24) is 14.8 Å². The van der Waals surface area contributed by atoms with Gasteiger partial charge in [-0.15, -0.1) is 21.5 Å². The number of hydrogen-bond acceptors (Lipinski definition) is 9. The van der Waals surface area contributed by atoms with E-state index in [0.29, 0.717) is 33.7 Å². The molecule has 0 radical (unpaired) electrons. The first-order valence-electron chi connectivity index (χ1n) is 12.2. The minimum absolute atomic E-state index is 0.0103. The Morgan fingerprint density at radius 2 is 1.77 bits per heavy atom. The van der Waals surface area contributed by atoms with Crippen LogP contribution in [0.1, 0.15) is 35.6 Å². The minimum atomic E-state index is -3.60. The fourth-order valence-electron chi connectivity index (χ4n) is 3.83. The van der Waals surface area contributed by atoms with E-state index in [1.165, 1.54) is 11.3 Å². The highest BCUT2D eigenvalue weighted by Crippen LogP contribution is 2.36. The van der Waals surface area contributed by atoms with Crippen LogP contribution in [0.5, 0.6) is 0 Å². The van der Waals surface area contributed by atoms with Crippen LogP contribution in [0.15, 0.2) is 70.0 Å². The van der Waals surface area contributed by atoms with Crippen molar-refractivity contribution in [3.8, 4) is 11.1 Å². The molecule has 4 rings (SSSR count). The summed E-state index contributed by atoms with van der Waals surface area (Å²) in [5.74, 6) is -0.859. The molecule has 0 bridgehead atoms. The van der Waals surface area contributed by atoms with Gasteiger partial charge in [0, 0.05) is 17.5 Å². The average Bonchev–Trinajstić information content (AvgIpc) is 3.51. The summed E-state index contributed by atoms with van der Waals surface area (Å²) in [5.41, 5.74) is 2.95. The number of amides is 1. The second-order valence-electron chi connectivity index (χ2n) is 8.49. The number of hydrogen-bond donors (Lipinski definition) is 1. The lowest BCUT2D eigenvalue weighted by molar-refractivity contribution is -0.113. The molecule has 0 spiro atoms. The number of benzene rings is 2. The van der Waals surface area contributed by atoms with Gasteiger partial charge < -0.3 is 14.6 Å². The maximum absolute atomic E-state index is 12.9. The van der Waals surface area contributed by atoms with Gasteiger partial charge in [-0.3, -0.25) is 4.79 Å². The van der Waals surface area contributed by atoms with Gasteiger partial charge in [0.25, 0.3) is 0 Å². The van der Waals surface area contributed by atoms with Gasteiger partial charge >= 0.3 is 5.97 Å². The normalized spacial score (nSPS) is 11.4. The van der Waals surface area contributed by atoms with Gasteiger partial charge in [-0.2, -0.15) is 0 Å². The predicted molar refractivity (Wildman–Crippen MR) is 153 cm³/mol. The number of thioether (sulfide) groups is 1. The molecule has 4 aromatic rings. The highest BCUT2D eigenvalue weighted by atomic mass is 32.2. The maximum atomic E-state index is 12.9. The first kappa shape index (κ1) is 28.5. The number of ether oxygens (including phenoxy) is 1. The first-order valence-corrected chi connectivity index (χ1v) is 15.7. The number of aromatic nitrogens is 3. The Kier molecular flexibility index (Phi) is 9.20. The Morgan fingerprint density at radius 1 is 1.05 bits per heavy atom. The molecule has 0 saturated heterocycles. The standard InChI is InChI=1S/C27H28N4O5S3/c1-4-31-22(17-39(34,35)20-9-7-6-8-10-20)29-30-27(31)38-16-23(32)28-25-24(26(33)36-5-2)21(15-37-25)19-13-11-18(3)12-14-19/h6-15H,4-5,16-17H2,1-3H3,(H,28,32). The molecule has 0 unspecified atom stereocenters. The fraction of sp³-hybridized carbons (Fsp3) is 0.259. The van der Waals surface area contributed by atoms with Crippen molar-refractivity contribution in [2.24, 2.45) is 0 Å². The molecule has 0 atom stereocenters. The number of carbonyl (C=O) groups is 2. The molecule has 12 heteroatoms. The van der Waals surface area contributed by atoms with E-state index in [1.54, 1.807) is 41.8 Å². The van der Waals surface area contributed by atoms with Crippen LogP contribution in [0, 0.1) is 6.92 Å². The smallest absolute Gasteiger partial charge is 0.341 e. The summed E-state index contributed by atoms with van der Waals surface area (Å²) in [4.78, 5) is 25.9. The number of aryl methyl sites for hydroxylation is 1. The van der Waals surface area contributed by atoms with Crippen LogP contribution in [-0.2, 0) is 31.7 Å². The Bertz CT molecular complexity index is 1560. The lowest BCUT2D eigenvalue weighted by atomic mass is 10.0. The number of thiophene rings is 1. The lowest BCUT2D eigenvalue weighted by Gasteiger charge is -2.10. The van der Waals surface area contributed by atoms with Gasteiger partial charge in [-0.05, 0) is 38.5 Å².